The van der Waals surface area contributed by atoms with Gasteiger partial charge in [-0.1, -0.05) is 17.7 Å². The fraction of sp³-hybridized carbons (Fsp3) is 0.600. The van der Waals surface area contributed by atoms with Gasteiger partial charge in [-0.3, -0.25) is 0 Å². The Morgan fingerprint density at radius 3 is 2.68 bits per heavy atom. The highest BCUT2D eigenvalue weighted by atomic mass is 35.5. The van der Waals surface area contributed by atoms with Crippen molar-refractivity contribution in [1.82, 2.24) is 5.32 Å². The molecule has 1 aromatic carbocycles. The highest BCUT2D eigenvalue weighted by molar-refractivity contribution is 6.30. The maximum atomic E-state index is 9.95. The lowest BCUT2D eigenvalue weighted by Crippen LogP contribution is -2.36. The van der Waals surface area contributed by atoms with Crippen molar-refractivity contribution >= 4 is 17.3 Å². The van der Waals surface area contributed by atoms with Gasteiger partial charge in [-0.25, -0.2) is 0 Å². The van der Waals surface area contributed by atoms with Crippen molar-refractivity contribution < 1.29 is 5.11 Å². The Morgan fingerprint density at radius 2 is 2.11 bits per heavy atom. The molecule has 0 spiro atoms. The largest absolute Gasteiger partial charge is 0.389 e. The van der Waals surface area contributed by atoms with Gasteiger partial charge in [0.15, 0.2) is 0 Å². The zero-order chi connectivity index (χ0) is 14.0. The highest BCUT2D eigenvalue weighted by Crippen LogP contribution is 2.27. The van der Waals surface area contributed by atoms with E-state index in [1.807, 2.05) is 33.0 Å². The fourth-order valence-corrected chi connectivity index (χ4v) is 2.42. The number of nitrogens with zero attached hydrogens (tertiary/aromatic N) is 1. The lowest BCUT2D eigenvalue weighted by Gasteiger charge is -2.29. The molecular formula is C15H23ClN2O. The predicted octanol–water partition coefficient (Wildman–Crippen LogP) is 2.80. The number of nitrogens with one attached hydrogen (secondary N) is 1. The van der Waals surface area contributed by atoms with Crippen LogP contribution in [0.1, 0.15) is 32.3 Å². The van der Waals surface area contributed by atoms with E-state index in [2.05, 4.69) is 16.3 Å². The molecule has 1 fully saturated rings. The lowest BCUT2D eigenvalue weighted by atomic mass is 10.1. The first kappa shape index (κ1) is 14.6. The third-order valence-electron chi connectivity index (χ3n) is 3.24. The molecule has 19 heavy (non-hydrogen) atoms. The first-order valence-corrected chi connectivity index (χ1v) is 7.18. The second-order valence-corrected chi connectivity index (χ2v) is 6.53. The van der Waals surface area contributed by atoms with Crippen LogP contribution in [0.3, 0.4) is 0 Å². The summed E-state index contributed by atoms with van der Waals surface area (Å²) in [5, 5.41) is 14.2. The summed E-state index contributed by atoms with van der Waals surface area (Å²) in [6.07, 6.45) is 2.56. The summed E-state index contributed by atoms with van der Waals surface area (Å²) >= 11 is 6.10. The number of anilines is 1. The molecule has 0 unspecified atom stereocenters. The molecular weight excluding hydrogens is 260 g/mol. The monoisotopic (exact) mass is 282 g/mol. The normalized spacial score (nSPS) is 15.6. The zero-order valence-corrected chi connectivity index (χ0v) is 12.7. The SMILES string of the molecule is CN(CC(C)(C)O)c1cc(Cl)ccc1CNC1CC1. The topological polar surface area (TPSA) is 35.5 Å². The van der Waals surface area contributed by atoms with Gasteiger partial charge in [0.05, 0.1) is 5.60 Å². The Balaban J connectivity index is 2.12. The number of hydrogen-bond donors (Lipinski definition) is 2. The number of aliphatic hydroxyl groups is 1. The Hall–Kier alpha value is -0.770. The van der Waals surface area contributed by atoms with Crippen LogP contribution in [0.15, 0.2) is 18.2 Å². The van der Waals surface area contributed by atoms with Crippen molar-refractivity contribution in [3.05, 3.63) is 28.8 Å². The Kier molecular flexibility index (Phi) is 4.39. The number of rotatable bonds is 6. The molecule has 0 bridgehead atoms. The summed E-state index contributed by atoms with van der Waals surface area (Å²) in [6.45, 7) is 5.06. The fourth-order valence-electron chi connectivity index (χ4n) is 2.25. The Morgan fingerprint density at radius 1 is 1.42 bits per heavy atom. The molecule has 1 aliphatic carbocycles. The first-order chi connectivity index (χ1) is 8.85. The number of hydrogen-bond acceptors (Lipinski definition) is 3. The third kappa shape index (κ3) is 4.68. The van der Waals surface area contributed by atoms with E-state index < -0.39 is 5.60 Å². The van der Waals surface area contributed by atoms with Crippen LogP contribution in [0.5, 0.6) is 0 Å². The van der Waals surface area contributed by atoms with E-state index in [4.69, 9.17) is 11.6 Å². The van der Waals surface area contributed by atoms with E-state index in [1.54, 1.807) is 0 Å². The maximum Gasteiger partial charge on any atom is 0.0765 e. The Bertz CT molecular complexity index is 438. The van der Waals surface area contributed by atoms with Crippen molar-refractivity contribution in [2.75, 3.05) is 18.5 Å². The van der Waals surface area contributed by atoms with Crippen LogP contribution in [0.25, 0.3) is 0 Å². The summed E-state index contributed by atoms with van der Waals surface area (Å²) in [6, 6.07) is 6.64. The molecule has 0 radical (unpaired) electrons. The van der Waals surface area contributed by atoms with Crippen LogP contribution in [-0.4, -0.2) is 30.3 Å². The van der Waals surface area contributed by atoms with Crippen LogP contribution in [0, 0.1) is 0 Å². The molecule has 0 aliphatic heterocycles. The van der Waals surface area contributed by atoms with Crippen molar-refractivity contribution in [2.24, 2.45) is 0 Å². The minimum atomic E-state index is -0.724. The molecule has 0 atom stereocenters. The van der Waals surface area contributed by atoms with E-state index in [0.717, 1.165) is 17.3 Å². The van der Waals surface area contributed by atoms with Crippen molar-refractivity contribution in [3.8, 4) is 0 Å². The molecule has 1 aliphatic rings. The average Bonchev–Trinajstić information content (AvgIpc) is 3.09. The maximum absolute atomic E-state index is 9.95. The molecule has 0 heterocycles. The van der Waals surface area contributed by atoms with Crippen LogP contribution in [0.2, 0.25) is 5.02 Å². The van der Waals surface area contributed by atoms with E-state index in [9.17, 15) is 5.11 Å². The second-order valence-electron chi connectivity index (χ2n) is 6.10. The molecule has 2 rings (SSSR count). The third-order valence-corrected chi connectivity index (χ3v) is 3.48. The van der Waals surface area contributed by atoms with E-state index in [-0.39, 0.29) is 0 Å². The predicted molar refractivity (Wildman–Crippen MR) is 80.9 cm³/mol. The summed E-state index contributed by atoms with van der Waals surface area (Å²) in [5.74, 6) is 0. The minimum Gasteiger partial charge on any atom is -0.389 e. The first-order valence-electron chi connectivity index (χ1n) is 6.80. The van der Waals surface area contributed by atoms with Gasteiger partial charge in [0.1, 0.15) is 0 Å². The molecule has 106 valence electrons. The molecule has 3 nitrogen and oxygen atoms in total. The van der Waals surface area contributed by atoms with Gasteiger partial charge in [0.2, 0.25) is 0 Å². The average molecular weight is 283 g/mol. The summed E-state index contributed by atoms with van der Waals surface area (Å²) in [7, 11) is 1.99. The van der Waals surface area contributed by atoms with Crippen molar-refractivity contribution in [1.29, 1.82) is 0 Å². The Labute approximate surface area is 120 Å². The van der Waals surface area contributed by atoms with Gasteiger partial charge in [0, 0.05) is 36.9 Å². The number of halogens is 1. The second kappa shape index (κ2) is 5.70. The number of likely N-dealkylation sites (N-methyl/N-ethyl adjacent to an activating group) is 1. The molecule has 0 amide bonds. The van der Waals surface area contributed by atoms with Crippen LogP contribution < -0.4 is 10.2 Å². The summed E-state index contributed by atoms with van der Waals surface area (Å²) in [4.78, 5) is 2.07. The molecule has 2 N–H and O–H groups in total. The molecule has 0 aromatic heterocycles. The van der Waals surface area contributed by atoms with Crippen LogP contribution in [0.4, 0.5) is 5.69 Å². The van der Waals surface area contributed by atoms with E-state index in [1.165, 1.54) is 18.4 Å². The van der Waals surface area contributed by atoms with Gasteiger partial charge in [-0.2, -0.15) is 0 Å². The summed E-state index contributed by atoms with van der Waals surface area (Å²) in [5.41, 5.74) is 1.59. The highest BCUT2D eigenvalue weighted by Gasteiger charge is 2.22. The van der Waals surface area contributed by atoms with E-state index >= 15 is 0 Å². The van der Waals surface area contributed by atoms with Gasteiger partial charge in [0.25, 0.3) is 0 Å². The van der Waals surface area contributed by atoms with E-state index in [0.29, 0.717) is 12.6 Å². The minimum absolute atomic E-state index is 0.573. The van der Waals surface area contributed by atoms with Crippen LogP contribution >= 0.6 is 11.6 Å². The summed E-state index contributed by atoms with van der Waals surface area (Å²) < 4.78 is 0. The molecule has 1 aromatic rings. The molecule has 1 saturated carbocycles. The zero-order valence-electron chi connectivity index (χ0n) is 11.9. The van der Waals surface area contributed by atoms with Crippen molar-refractivity contribution in [3.63, 3.8) is 0 Å². The smallest absolute Gasteiger partial charge is 0.0765 e. The standard InChI is InChI=1S/C15H23ClN2O/c1-15(2,19)10-18(3)14-8-12(16)5-4-11(14)9-17-13-6-7-13/h4-5,8,13,17,19H,6-7,9-10H2,1-3H3. The van der Waals surface area contributed by atoms with Gasteiger partial charge >= 0.3 is 0 Å². The van der Waals surface area contributed by atoms with Gasteiger partial charge in [-0.15, -0.1) is 0 Å². The molecule has 0 saturated heterocycles. The molecule has 4 heteroatoms. The van der Waals surface area contributed by atoms with Crippen LogP contribution in [-0.2, 0) is 6.54 Å². The van der Waals surface area contributed by atoms with Gasteiger partial charge < -0.3 is 15.3 Å². The van der Waals surface area contributed by atoms with Crippen molar-refractivity contribution in [2.45, 2.75) is 44.9 Å². The quantitative estimate of drug-likeness (QED) is 0.842. The lowest BCUT2D eigenvalue weighted by molar-refractivity contribution is 0.0886. The van der Waals surface area contributed by atoms with Gasteiger partial charge in [-0.05, 0) is 44.4 Å². The number of benzene rings is 1.